The largest absolute Gasteiger partial charge is 0.339 e. The van der Waals surface area contributed by atoms with Crippen LogP contribution in [-0.2, 0) is 10.0 Å². The number of aryl methyl sites for hydroxylation is 1. The number of likely N-dealkylation sites (tertiary alicyclic amines) is 1. The van der Waals surface area contributed by atoms with Gasteiger partial charge in [-0.3, -0.25) is 4.79 Å². The summed E-state index contributed by atoms with van der Waals surface area (Å²) >= 11 is 0. The summed E-state index contributed by atoms with van der Waals surface area (Å²) in [6, 6.07) is 4.89. The Morgan fingerprint density at radius 3 is 2.32 bits per heavy atom. The Balaban J connectivity index is 0.00000392. The zero-order chi connectivity index (χ0) is 20.0. The van der Waals surface area contributed by atoms with Crippen LogP contribution in [0.2, 0.25) is 0 Å². The maximum Gasteiger partial charge on any atom is 0.254 e. The van der Waals surface area contributed by atoms with Crippen LogP contribution in [0.4, 0.5) is 0 Å². The summed E-state index contributed by atoms with van der Waals surface area (Å²) in [5.41, 5.74) is 1.31. The summed E-state index contributed by atoms with van der Waals surface area (Å²) in [4.78, 5) is 15.1. The number of halogens is 1. The zero-order valence-corrected chi connectivity index (χ0v) is 19.0. The average molecular weight is 432 g/mol. The lowest BCUT2D eigenvalue weighted by Crippen LogP contribution is -2.41. The second-order valence-electron chi connectivity index (χ2n) is 7.11. The van der Waals surface area contributed by atoms with E-state index in [0.717, 1.165) is 44.6 Å². The van der Waals surface area contributed by atoms with E-state index < -0.39 is 10.0 Å². The number of carbonyl (C=O) groups excluding carboxylic acids is 1. The van der Waals surface area contributed by atoms with Crippen molar-refractivity contribution in [1.82, 2.24) is 14.5 Å². The zero-order valence-electron chi connectivity index (χ0n) is 17.4. The minimum Gasteiger partial charge on any atom is -0.339 e. The highest BCUT2D eigenvalue weighted by Gasteiger charge is 2.27. The lowest BCUT2D eigenvalue weighted by atomic mass is 9.96. The van der Waals surface area contributed by atoms with E-state index in [2.05, 4.69) is 12.2 Å². The summed E-state index contributed by atoms with van der Waals surface area (Å²) < 4.78 is 27.0. The number of sulfonamides is 1. The molecule has 28 heavy (non-hydrogen) atoms. The van der Waals surface area contributed by atoms with Crippen LogP contribution in [-0.4, -0.2) is 62.8 Å². The van der Waals surface area contributed by atoms with Crippen molar-refractivity contribution in [2.75, 3.05) is 39.3 Å². The van der Waals surface area contributed by atoms with Gasteiger partial charge in [-0.05, 0) is 56.5 Å². The van der Waals surface area contributed by atoms with E-state index in [4.69, 9.17) is 0 Å². The van der Waals surface area contributed by atoms with Gasteiger partial charge >= 0.3 is 0 Å². The molecule has 0 spiro atoms. The Hall–Kier alpha value is -1.15. The molecule has 1 N–H and O–H groups in total. The van der Waals surface area contributed by atoms with E-state index in [0.29, 0.717) is 24.6 Å². The Labute approximate surface area is 176 Å². The summed E-state index contributed by atoms with van der Waals surface area (Å²) in [6.45, 7) is 11.8. The van der Waals surface area contributed by atoms with Crippen LogP contribution in [0.15, 0.2) is 23.1 Å². The smallest absolute Gasteiger partial charge is 0.254 e. The fraction of sp³-hybridized carbons (Fsp3) is 0.650. The molecule has 1 aromatic rings. The molecular formula is C20H34ClN3O3S. The molecule has 1 aliphatic rings. The molecule has 2 rings (SSSR count). The SMILES string of the molecule is CCNCC1CCN(C(=O)c2cc(S(=O)(=O)N(CC)CC)ccc2C)CC1.Cl. The molecule has 1 saturated heterocycles. The molecule has 8 heteroatoms. The van der Waals surface area contributed by atoms with E-state index in [9.17, 15) is 13.2 Å². The molecule has 0 unspecified atom stereocenters. The van der Waals surface area contributed by atoms with E-state index in [-0.39, 0.29) is 23.2 Å². The number of hydrogen-bond acceptors (Lipinski definition) is 4. The molecule has 0 aromatic heterocycles. The van der Waals surface area contributed by atoms with Gasteiger partial charge in [0.05, 0.1) is 4.90 Å². The summed E-state index contributed by atoms with van der Waals surface area (Å²) in [5, 5.41) is 3.37. The molecule has 0 radical (unpaired) electrons. The van der Waals surface area contributed by atoms with Crippen LogP contribution >= 0.6 is 12.4 Å². The van der Waals surface area contributed by atoms with E-state index in [1.54, 1.807) is 18.2 Å². The summed E-state index contributed by atoms with van der Waals surface area (Å²) in [5.74, 6) is 0.537. The number of nitrogens with zero attached hydrogens (tertiary/aromatic N) is 2. The van der Waals surface area contributed by atoms with Crippen LogP contribution in [0.3, 0.4) is 0 Å². The normalized spacial score (nSPS) is 15.5. The molecule has 1 heterocycles. The highest BCUT2D eigenvalue weighted by Crippen LogP contribution is 2.23. The van der Waals surface area contributed by atoms with Gasteiger partial charge in [-0.25, -0.2) is 8.42 Å². The van der Waals surface area contributed by atoms with E-state index >= 15 is 0 Å². The first-order valence-electron chi connectivity index (χ1n) is 9.95. The predicted octanol–water partition coefficient (Wildman–Crippen LogP) is 2.91. The number of benzene rings is 1. The monoisotopic (exact) mass is 431 g/mol. The summed E-state index contributed by atoms with van der Waals surface area (Å²) in [7, 11) is -3.57. The number of nitrogens with one attached hydrogen (secondary N) is 1. The second-order valence-corrected chi connectivity index (χ2v) is 9.05. The number of rotatable bonds is 8. The van der Waals surface area contributed by atoms with Crippen LogP contribution in [0.5, 0.6) is 0 Å². The molecule has 1 aromatic carbocycles. The molecular weight excluding hydrogens is 398 g/mol. The molecule has 0 bridgehead atoms. The van der Waals surface area contributed by atoms with Crippen LogP contribution in [0, 0.1) is 12.8 Å². The van der Waals surface area contributed by atoms with Gasteiger partial charge in [0, 0.05) is 31.7 Å². The van der Waals surface area contributed by atoms with Crippen molar-refractivity contribution in [1.29, 1.82) is 0 Å². The third-order valence-corrected chi connectivity index (χ3v) is 7.41. The van der Waals surface area contributed by atoms with Gasteiger partial charge in [0.15, 0.2) is 0 Å². The van der Waals surface area contributed by atoms with Crippen molar-refractivity contribution in [3.63, 3.8) is 0 Å². The minimum atomic E-state index is -3.57. The first-order valence-corrected chi connectivity index (χ1v) is 11.4. The maximum atomic E-state index is 13.0. The second kappa shape index (κ2) is 11.1. The first-order chi connectivity index (χ1) is 12.8. The Bertz CT molecular complexity index is 743. The fourth-order valence-electron chi connectivity index (χ4n) is 3.56. The van der Waals surface area contributed by atoms with Gasteiger partial charge < -0.3 is 10.2 Å². The molecule has 0 saturated carbocycles. The molecule has 0 aliphatic carbocycles. The Morgan fingerprint density at radius 1 is 1.18 bits per heavy atom. The molecule has 1 fully saturated rings. The Kier molecular flexibility index (Phi) is 9.90. The lowest BCUT2D eigenvalue weighted by Gasteiger charge is -2.32. The van der Waals surface area contributed by atoms with Crippen LogP contribution in [0.1, 0.15) is 49.5 Å². The van der Waals surface area contributed by atoms with Crippen LogP contribution < -0.4 is 5.32 Å². The van der Waals surface area contributed by atoms with Gasteiger partial charge in [-0.2, -0.15) is 4.31 Å². The number of piperidine rings is 1. The van der Waals surface area contributed by atoms with Gasteiger partial charge in [-0.15, -0.1) is 12.4 Å². The number of amides is 1. The third kappa shape index (κ3) is 5.69. The van der Waals surface area contributed by atoms with Gasteiger partial charge in [0.1, 0.15) is 0 Å². The van der Waals surface area contributed by atoms with E-state index in [1.165, 1.54) is 4.31 Å². The Morgan fingerprint density at radius 2 is 1.79 bits per heavy atom. The molecule has 0 atom stereocenters. The highest BCUT2D eigenvalue weighted by molar-refractivity contribution is 7.89. The van der Waals surface area contributed by atoms with Crippen molar-refractivity contribution in [2.24, 2.45) is 5.92 Å². The lowest BCUT2D eigenvalue weighted by molar-refractivity contribution is 0.0689. The average Bonchev–Trinajstić information content (AvgIpc) is 2.67. The van der Waals surface area contributed by atoms with Crippen LogP contribution in [0.25, 0.3) is 0 Å². The van der Waals surface area contributed by atoms with Crippen molar-refractivity contribution in [3.8, 4) is 0 Å². The standard InChI is InChI=1S/C20H33N3O3S.ClH/c1-5-21-15-17-10-12-22(13-11-17)20(24)19-14-18(9-8-16(19)4)27(25,26)23(6-2)7-3;/h8-9,14,17,21H,5-7,10-13,15H2,1-4H3;1H. The molecule has 160 valence electrons. The topological polar surface area (TPSA) is 69.7 Å². The first kappa shape index (κ1) is 24.9. The highest BCUT2D eigenvalue weighted by atomic mass is 35.5. The van der Waals surface area contributed by atoms with Crippen molar-refractivity contribution in [3.05, 3.63) is 29.3 Å². The quantitative estimate of drug-likeness (QED) is 0.687. The van der Waals surface area contributed by atoms with Gasteiger partial charge in [0.2, 0.25) is 10.0 Å². The van der Waals surface area contributed by atoms with Crippen molar-refractivity contribution in [2.45, 2.75) is 45.4 Å². The van der Waals surface area contributed by atoms with Crippen molar-refractivity contribution < 1.29 is 13.2 Å². The fourth-order valence-corrected chi connectivity index (χ4v) is 5.05. The number of carbonyl (C=O) groups is 1. The van der Waals surface area contributed by atoms with E-state index in [1.807, 2.05) is 25.7 Å². The van der Waals surface area contributed by atoms with Crippen molar-refractivity contribution >= 4 is 28.3 Å². The molecule has 1 amide bonds. The molecule has 1 aliphatic heterocycles. The predicted molar refractivity (Wildman–Crippen MR) is 116 cm³/mol. The minimum absolute atomic E-state index is 0. The van der Waals surface area contributed by atoms with Gasteiger partial charge in [-0.1, -0.05) is 26.8 Å². The van der Waals surface area contributed by atoms with Gasteiger partial charge in [0.25, 0.3) is 5.91 Å². The molecule has 6 nitrogen and oxygen atoms in total. The number of hydrogen-bond donors (Lipinski definition) is 1. The summed E-state index contributed by atoms with van der Waals surface area (Å²) in [6.07, 6.45) is 1.96. The maximum absolute atomic E-state index is 13.0. The third-order valence-electron chi connectivity index (χ3n) is 5.37.